The van der Waals surface area contributed by atoms with Crippen molar-refractivity contribution in [3.63, 3.8) is 0 Å². The zero-order valence-electron chi connectivity index (χ0n) is 10.1. The van der Waals surface area contributed by atoms with E-state index in [1.54, 1.807) is 17.4 Å². The molecule has 0 spiro atoms. The maximum atomic E-state index is 11.1. The van der Waals surface area contributed by atoms with Gasteiger partial charge in [0.1, 0.15) is 5.75 Å². The molecule has 0 amide bonds. The van der Waals surface area contributed by atoms with Gasteiger partial charge in [-0.05, 0) is 46.2 Å². The molecule has 19 heavy (non-hydrogen) atoms. The number of ether oxygens (including phenoxy) is 1. The van der Waals surface area contributed by atoms with E-state index >= 15 is 0 Å². The van der Waals surface area contributed by atoms with Crippen LogP contribution >= 0.6 is 11.3 Å². The summed E-state index contributed by atoms with van der Waals surface area (Å²) in [6.07, 6.45) is 2.14. The lowest BCUT2D eigenvalue weighted by Crippen LogP contribution is -2.03. The predicted octanol–water partition coefficient (Wildman–Crippen LogP) is 3.67. The first-order valence-electron chi connectivity index (χ1n) is 5.97. The zero-order chi connectivity index (χ0) is 13.2. The maximum Gasteiger partial charge on any atom is 0.331 e. The summed E-state index contributed by atoms with van der Waals surface area (Å²) < 4.78 is 5.59. The molecule has 3 rings (SSSR count). The smallest absolute Gasteiger partial charge is 0.331 e. The van der Waals surface area contributed by atoms with Crippen molar-refractivity contribution in [2.24, 2.45) is 0 Å². The van der Waals surface area contributed by atoms with Crippen LogP contribution < -0.4 is 4.74 Å². The van der Waals surface area contributed by atoms with E-state index in [9.17, 15) is 4.79 Å². The molecular formula is C15H12O3S. The third kappa shape index (κ3) is 2.39. The molecule has 96 valence electrons. The third-order valence-electron chi connectivity index (χ3n) is 3.10. The van der Waals surface area contributed by atoms with E-state index in [-0.39, 0.29) is 0 Å². The Bertz CT molecular complexity index is 641. The van der Waals surface area contributed by atoms with Gasteiger partial charge in [0.25, 0.3) is 0 Å². The van der Waals surface area contributed by atoms with E-state index < -0.39 is 5.97 Å². The van der Waals surface area contributed by atoms with Gasteiger partial charge >= 0.3 is 5.97 Å². The van der Waals surface area contributed by atoms with Crippen LogP contribution in [-0.2, 0) is 4.79 Å². The Morgan fingerprint density at radius 3 is 2.89 bits per heavy atom. The fraction of sp³-hybridized carbons (Fsp3) is 0.133. The van der Waals surface area contributed by atoms with Crippen molar-refractivity contribution in [2.75, 3.05) is 6.61 Å². The van der Waals surface area contributed by atoms with Gasteiger partial charge in [-0.2, -0.15) is 11.3 Å². The molecule has 1 N–H and O–H groups in total. The Hall–Kier alpha value is -2.07. The highest BCUT2D eigenvalue weighted by molar-refractivity contribution is 7.08. The molecule has 1 aromatic heterocycles. The van der Waals surface area contributed by atoms with Crippen LogP contribution in [-0.4, -0.2) is 17.7 Å². The molecular weight excluding hydrogens is 260 g/mol. The first kappa shape index (κ1) is 12.0. The van der Waals surface area contributed by atoms with Crippen LogP contribution in [0.2, 0.25) is 0 Å². The second kappa shape index (κ2) is 4.90. The molecule has 0 atom stereocenters. The third-order valence-corrected chi connectivity index (χ3v) is 3.78. The molecule has 0 radical (unpaired) electrons. The lowest BCUT2D eigenvalue weighted by molar-refractivity contribution is -0.132. The van der Waals surface area contributed by atoms with Gasteiger partial charge in [-0.25, -0.2) is 4.79 Å². The van der Waals surface area contributed by atoms with Gasteiger partial charge in [0.05, 0.1) is 6.61 Å². The largest absolute Gasteiger partial charge is 0.493 e. The van der Waals surface area contributed by atoms with E-state index in [2.05, 4.69) is 5.38 Å². The van der Waals surface area contributed by atoms with Gasteiger partial charge in [0.2, 0.25) is 0 Å². The minimum absolute atomic E-state index is 0.390. The monoisotopic (exact) mass is 272 g/mol. The first-order chi connectivity index (χ1) is 9.24. The standard InChI is InChI=1S/C15H12O3S/c16-15(17)11-3-5-18-14-2-1-10(7-13(14)8-11)12-4-6-19-9-12/h1-2,4,6-9H,3,5H2,(H,16,17). The van der Waals surface area contributed by atoms with Crippen molar-refractivity contribution in [2.45, 2.75) is 6.42 Å². The summed E-state index contributed by atoms with van der Waals surface area (Å²) in [5.74, 6) is -0.132. The molecule has 2 heterocycles. The summed E-state index contributed by atoms with van der Waals surface area (Å²) in [4.78, 5) is 11.1. The van der Waals surface area contributed by atoms with Crippen molar-refractivity contribution in [1.29, 1.82) is 0 Å². The Balaban J connectivity index is 2.08. The molecule has 0 fully saturated rings. The molecule has 4 heteroatoms. The zero-order valence-corrected chi connectivity index (χ0v) is 10.9. The van der Waals surface area contributed by atoms with Crippen LogP contribution in [0.1, 0.15) is 12.0 Å². The van der Waals surface area contributed by atoms with Gasteiger partial charge in [0, 0.05) is 17.6 Å². The minimum atomic E-state index is -0.877. The molecule has 0 saturated heterocycles. The van der Waals surface area contributed by atoms with Crippen LogP contribution in [0.15, 0.2) is 40.6 Å². The molecule has 0 bridgehead atoms. The van der Waals surface area contributed by atoms with Crippen molar-refractivity contribution in [3.8, 4) is 16.9 Å². The summed E-state index contributed by atoms with van der Waals surface area (Å²) in [5.41, 5.74) is 3.44. The summed E-state index contributed by atoms with van der Waals surface area (Å²) in [5, 5.41) is 13.2. The Morgan fingerprint density at radius 1 is 1.26 bits per heavy atom. The van der Waals surface area contributed by atoms with Gasteiger partial charge in [-0.3, -0.25) is 0 Å². The number of hydrogen-bond donors (Lipinski definition) is 1. The fourth-order valence-corrected chi connectivity index (χ4v) is 2.77. The molecule has 3 nitrogen and oxygen atoms in total. The summed E-state index contributed by atoms with van der Waals surface area (Å²) in [6.45, 7) is 0.406. The second-order valence-electron chi connectivity index (χ2n) is 4.34. The number of carboxylic acids is 1. The van der Waals surface area contributed by atoms with Crippen molar-refractivity contribution in [1.82, 2.24) is 0 Å². The first-order valence-corrected chi connectivity index (χ1v) is 6.91. The van der Waals surface area contributed by atoms with Crippen LogP contribution in [0.25, 0.3) is 17.2 Å². The molecule has 0 aliphatic carbocycles. The maximum absolute atomic E-state index is 11.1. The van der Waals surface area contributed by atoms with E-state index in [0.29, 0.717) is 18.6 Å². The molecule has 0 saturated carbocycles. The lowest BCUT2D eigenvalue weighted by Gasteiger charge is -2.07. The average Bonchev–Trinajstić information content (AvgIpc) is 2.84. The van der Waals surface area contributed by atoms with E-state index in [1.165, 1.54) is 0 Å². The Labute approximate surface area is 114 Å². The summed E-state index contributed by atoms with van der Waals surface area (Å²) in [7, 11) is 0. The van der Waals surface area contributed by atoms with Crippen molar-refractivity contribution >= 4 is 23.4 Å². The number of thiophene rings is 1. The molecule has 2 aromatic rings. The average molecular weight is 272 g/mol. The van der Waals surface area contributed by atoms with Crippen LogP contribution in [0.4, 0.5) is 0 Å². The number of aliphatic carboxylic acids is 1. The number of carboxylic acid groups (broad SMARTS) is 1. The predicted molar refractivity (Wildman–Crippen MR) is 75.5 cm³/mol. The van der Waals surface area contributed by atoms with Crippen molar-refractivity contribution in [3.05, 3.63) is 46.2 Å². The molecule has 1 aromatic carbocycles. The summed E-state index contributed by atoms with van der Waals surface area (Å²) in [6, 6.07) is 7.93. The highest BCUT2D eigenvalue weighted by atomic mass is 32.1. The number of hydrogen-bond acceptors (Lipinski definition) is 3. The number of benzene rings is 1. The highest BCUT2D eigenvalue weighted by Crippen LogP contribution is 2.31. The normalized spacial score (nSPS) is 14.0. The van der Waals surface area contributed by atoms with Gasteiger partial charge in [-0.15, -0.1) is 0 Å². The van der Waals surface area contributed by atoms with Crippen LogP contribution in [0, 0.1) is 0 Å². The molecule has 1 aliphatic rings. The number of carbonyl (C=O) groups is 1. The SMILES string of the molecule is O=C(O)C1=Cc2cc(-c3ccsc3)ccc2OCC1. The van der Waals surface area contributed by atoms with Crippen molar-refractivity contribution < 1.29 is 14.6 Å². The van der Waals surface area contributed by atoms with E-state index in [1.807, 2.05) is 29.6 Å². The molecule has 1 aliphatic heterocycles. The van der Waals surface area contributed by atoms with Gasteiger partial charge < -0.3 is 9.84 Å². The number of rotatable bonds is 2. The van der Waals surface area contributed by atoms with Gasteiger partial charge in [-0.1, -0.05) is 6.07 Å². The van der Waals surface area contributed by atoms with Gasteiger partial charge in [0.15, 0.2) is 0 Å². The van der Waals surface area contributed by atoms with E-state index in [0.717, 1.165) is 22.4 Å². The van der Waals surface area contributed by atoms with E-state index in [4.69, 9.17) is 9.84 Å². The quantitative estimate of drug-likeness (QED) is 0.907. The van der Waals surface area contributed by atoms with Crippen LogP contribution in [0.3, 0.4) is 0 Å². The Kier molecular flexibility index (Phi) is 3.09. The molecule has 0 unspecified atom stereocenters. The minimum Gasteiger partial charge on any atom is -0.493 e. The summed E-state index contributed by atoms with van der Waals surface area (Å²) >= 11 is 1.64. The number of fused-ring (bicyclic) bond motifs is 1. The van der Waals surface area contributed by atoms with Crippen LogP contribution in [0.5, 0.6) is 5.75 Å². The topological polar surface area (TPSA) is 46.5 Å². The Morgan fingerprint density at radius 2 is 2.16 bits per heavy atom. The highest BCUT2D eigenvalue weighted by Gasteiger charge is 2.15. The lowest BCUT2D eigenvalue weighted by atomic mass is 10.0. The fourth-order valence-electron chi connectivity index (χ4n) is 2.10. The second-order valence-corrected chi connectivity index (χ2v) is 5.12.